The van der Waals surface area contributed by atoms with Crippen molar-refractivity contribution in [2.45, 2.75) is 12.8 Å². The molecule has 1 aromatic carbocycles. The smallest absolute Gasteiger partial charge is 0.121 e. The van der Waals surface area contributed by atoms with Crippen molar-refractivity contribution in [3.05, 3.63) is 29.3 Å². The average molecular weight is 221 g/mol. The zero-order valence-corrected chi connectivity index (χ0v) is 9.95. The lowest BCUT2D eigenvalue weighted by molar-refractivity contribution is 0.141. The van der Waals surface area contributed by atoms with Gasteiger partial charge in [-0.1, -0.05) is 12.1 Å². The van der Waals surface area contributed by atoms with Crippen molar-refractivity contribution in [2.75, 3.05) is 33.4 Å². The van der Waals surface area contributed by atoms with Crippen molar-refractivity contribution in [2.24, 2.45) is 0 Å². The van der Waals surface area contributed by atoms with Crippen LogP contribution in [-0.4, -0.2) is 33.4 Å². The topological polar surface area (TPSA) is 30.5 Å². The van der Waals surface area contributed by atoms with Crippen LogP contribution in [0.3, 0.4) is 0 Å². The Morgan fingerprint density at radius 2 is 2.31 bits per heavy atom. The average Bonchev–Trinajstić information content (AvgIpc) is 2.57. The van der Waals surface area contributed by atoms with Crippen LogP contribution in [0, 0.1) is 6.92 Å². The Kier molecular flexibility index (Phi) is 3.80. The van der Waals surface area contributed by atoms with Gasteiger partial charge in [-0.15, -0.1) is 0 Å². The van der Waals surface area contributed by atoms with Crippen LogP contribution in [0.4, 0.5) is 0 Å². The van der Waals surface area contributed by atoms with Crippen LogP contribution >= 0.6 is 0 Å². The third-order valence-electron chi connectivity index (χ3n) is 3.02. The molecule has 0 amide bonds. The number of rotatable bonds is 2. The van der Waals surface area contributed by atoms with Gasteiger partial charge in [0.05, 0.1) is 20.3 Å². The van der Waals surface area contributed by atoms with E-state index in [1.165, 1.54) is 11.1 Å². The van der Waals surface area contributed by atoms with Gasteiger partial charge in [-0.25, -0.2) is 0 Å². The minimum atomic E-state index is 0.451. The highest BCUT2D eigenvalue weighted by molar-refractivity contribution is 5.37. The molecule has 1 aromatic rings. The molecule has 1 fully saturated rings. The highest BCUT2D eigenvalue weighted by atomic mass is 16.5. The van der Waals surface area contributed by atoms with Gasteiger partial charge in [0.25, 0.3) is 0 Å². The summed E-state index contributed by atoms with van der Waals surface area (Å²) in [5.74, 6) is 1.40. The molecule has 0 aliphatic carbocycles. The van der Waals surface area contributed by atoms with Crippen LogP contribution in [-0.2, 0) is 4.74 Å². The zero-order valence-electron chi connectivity index (χ0n) is 9.95. The van der Waals surface area contributed by atoms with Crippen LogP contribution in [0.15, 0.2) is 18.2 Å². The van der Waals surface area contributed by atoms with Crippen molar-refractivity contribution < 1.29 is 9.47 Å². The standard InChI is InChI=1S/C13H19NO2/c1-10-7-11(3-4-13(10)15-2)12-8-14-5-6-16-9-12/h3-4,7,12,14H,5-6,8-9H2,1-2H3. The van der Waals surface area contributed by atoms with Crippen molar-refractivity contribution in [3.63, 3.8) is 0 Å². The lowest BCUT2D eigenvalue weighted by atomic mass is 9.98. The molecule has 0 saturated carbocycles. The first-order valence-corrected chi connectivity index (χ1v) is 5.74. The lowest BCUT2D eigenvalue weighted by Gasteiger charge is -2.15. The predicted octanol–water partition coefficient (Wildman–Crippen LogP) is 1.71. The number of nitrogens with one attached hydrogen (secondary N) is 1. The zero-order chi connectivity index (χ0) is 11.4. The Bertz CT molecular complexity index is 344. The number of benzene rings is 1. The largest absolute Gasteiger partial charge is 0.496 e. The summed E-state index contributed by atoms with van der Waals surface area (Å²) in [4.78, 5) is 0. The second-order valence-electron chi connectivity index (χ2n) is 4.21. The summed E-state index contributed by atoms with van der Waals surface area (Å²) in [6.07, 6.45) is 0. The van der Waals surface area contributed by atoms with E-state index in [-0.39, 0.29) is 0 Å². The third kappa shape index (κ3) is 2.54. The summed E-state index contributed by atoms with van der Waals surface area (Å²) in [5.41, 5.74) is 2.51. The maximum atomic E-state index is 5.56. The molecule has 0 aromatic heterocycles. The van der Waals surface area contributed by atoms with Gasteiger partial charge in [-0.2, -0.15) is 0 Å². The van der Waals surface area contributed by atoms with E-state index in [2.05, 4.69) is 24.4 Å². The van der Waals surface area contributed by atoms with E-state index in [1.54, 1.807) is 7.11 Å². The SMILES string of the molecule is COc1ccc(C2CNCCOC2)cc1C. The summed E-state index contributed by atoms with van der Waals surface area (Å²) in [5, 5.41) is 3.39. The van der Waals surface area contributed by atoms with Gasteiger partial charge in [-0.05, 0) is 24.1 Å². The molecule has 1 unspecified atom stereocenters. The Hall–Kier alpha value is -1.06. The van der Waals surface area contributed by atoms with E-state index in [4.69, 9.17) is 9.47 Å². The van der Waals surface area contributed by atoms with Crippen molar-refractivity contribution >= 4 is 0 Å². The Balaban J connectivity index is 2.16. The molecule has 88 valence electrons. The van der Waals surface area contributed by atoms with Crippen molar-refractivity contribution in [1.29, 1.82) is 0 Å². The number of hydrogen-bond donors (Lipinski definition) is 1. The molecule has 1 aliphatic rings. The van der Waals surface area contributed by atoms with E-state index in [0.29, 0.717) is 5.92 Å². The molecule has 0 radical (unpaired) electrons. The molecule has 1 atom stereocenters. The van der Waals surface area contributed by atoms with Crippen LogP contribution in [0.2, 0.25) is 0 Å². The maximum absolute atomic E-state index is 5.56. The highest BCUT2D eigenvalue weighted by Gasteiger charge is 2.15. The van der Waals surface area contributed by atoms with E-state index in [9.17, 15) is 0 Å². The van der Waals surface area contributed by atoms with Crippen LogP contribution in [0.5, 0.6) is 5.75 Å². The Morgan fingerprint density at radius 1 is 1.44 bits per heavy atom. The predicted molar refractivity (Wildman–Crippen MR) is 64.2 cm³/mol. The lowest BCUT2D eigenvalue weighted by Crippen LogP contribution is -2.21. The van der Waals surface area contributed by atoms with E-state index < -0.39 is 0 Å². The molecule has 1 saturated heterocycles. The van der Waals surface area contributed by atoms with Crippen molar-refractivity contribution in [3.8, 4) is 5.75 Å². The van der Waals surface area contributed by atoms with Gasteiger partial charge in [-0.3, -0.25) is 0 Å². The molecule has 2 rings (SSSR count). The van der Waals surface area contributed by atoms with Gasteiger partial charge in [0, 0.05) is 19.0 Å². The van der Waals surface area contributed by atoms with Gasteiger partial charge in [0.2, 0.25) is 0 Å². The second-order valence-corrected chi connectivity index (χ2v) is 4.21. The summed E-state index contributed by atoms with van der Waals surface area (Å²) in [6.45, 7) is 5.63. The molecule has 3 nitrogen and oxygen atoms in total. The van der Waals surface area contributed by atoms with Crippen LogP contribution in [0.25, 0.3) is 0 Å². The minimum Gasteiger partial charge on any atom is -0.496 e. The molecular formula is C13H19NO2. The number of hydrogen-bond acceptors (Lipinski definition) is 3. The Morgan fingerprint density at radius 3 is 3.06 bits per heavy atom. The monoisotopic (exact) mass is 221 g/mol. The molecule has 16 heavy (non-hydrogen) atoms. The first-order valence-electron chi connectivity index (χ1n) is 5.74. The summed E-state index contributed by atoms with van der Waals surface area (Å²) >= 11 is 0. The van der Waals surface area contributed by atoms with Crippen LogP contribution in [0.1, 0.15) is 17.0 Å². The number of ether oxygens (including phenoxy) is 2. The summed E-state index contributed by atoms with van der Waals surface area (Å²) in [6, 6.07) is 6.36. The van der Waals surface area contributed by atoms with E-state index in [1.807, 2.05) is 6.07 Å². The fourth-order valence-corrected chi connectivity index (χ4v) is 2.07. The Labute approximate surface area is 96.8 Å². The first-order chi connectivity index (χ1) is 7.81. The first kappa shape index (κ1) is 11.4. The summed E-state index contributed by atoms with van der Waals surface area (Å²) in [7, 11) is 1.71. The fraction of sp³-hybridized carbons (Fsp3) is 0.538. The molecule has 0 spiro atoms. The maximum Gasteiger partial charge on any atom is 0.121 e. The van der Waals surface area contributed by atoms with Gasteiger partial charge in [0.15, 0.2) is 0 Å². The molecule has 3 heteroatoms. The molecule has 0 bridgehead atoms. The minimum absolute atomic E-state index is 0.451. The fourth-order valence-electron chi connectivity index (χ4n) is 2.07. The summed E-state index contributed by atoms with van der Waals surface area (Å²) < 4.78 is 10.8. The van der Waals surface area contributed by atoms with Crippen molar-refractivity contribution in [1.82, 2.24) is 5.32 Å². The van der Waals surface area contributed by atoms with E-state index in [0.717, 1.165) is 32.1 Å². The van der Waals surface area contributed by atoms with E-state index >= 15 is 0 Å². The van der Waals surface area contributed by atoms with Gasteiger partial charge in [0.1, 0.15) is 5.75 Å². The van der Waals surface area contributed by atoms with Gasteiger partial charge < -0.3 is 14.8 Å². The second kappa shape index (κ2) is 5.32. The number of methoxy groups -OCH3 is 1. The van der Waals surface area contributed by atoms with Crippen LogP contribution < -0.4 is 10.1 Å². The quantitative estimate of drug-likeness (QED) is 0.824. The normalized spacial score (nSPS) is 21.5. The molecular weight excluding hydrogens is 202 g/mol. The number of aryl methyl sites for hydroxylation is 1. The highest BCUT2D eigenvalue weighted by Crippen LogP contribution is 2.24. The third-order valence-corrected chi connectivity index (χ3v) is 3.02. The molecule has 1 N–H and O–H groups in total. The van der Waals surface area contributed by atoms with Gasteiger partial charge >= 0.3 is 0 Å². The molecule has 1 heterocycles. The molecule has 1 aliphatic heterocycles.